The molecule has 0 bridgehead atoms. The van der Waals surface area contributed by atoms with Crippen molar-refractivity contribution in [3.05, 3.63) is 34.9 Å². The van der Waals surface area contributed by atoms with E-state index in [0.717, 1.165) is 0 Å². The molecule has 0 saturated carbocycles. The van der Waals surface area contributed by atoms with Crippen LogP contribution in [0.5, 0.6) is 0 Å². The summed E-state index contributed by atoms with van der Waals surface area (Å²) in [6.07, 6.45) is -0.121. The van der Waals surface area contributed by atoms with Gasteiger partial charge in [0.2, 0.25) is 0 Å². The number of hydrogen-bond donors (Lipinski definition) is 3. The first-order valence-electron chi connectivity index (χ1n) is 3.28. The maximum Gasteiger partial charge on any atom is 0.408 e. The molecule has 1 aromatic rings. The molecular formula is C7H9ClO3P+. The molecule has 3 nitrogen and oxygen atoms in total. The fraction of sp³-hybridized carbons (Fsp3) is 0.143. The molecule has 5 heteroatoms. The van der Waals surface area contributed by atoms with Crippen LogP contribution in [-0.2, 0) is 6.16 Å². The van der Waals surface area contributed by atoms with Crippen LogP contribution >= 0.6 is 19.5 Å². The third-order valence-electron chi connectivity index (χ3n) is 1.31. The molecule has 66 valence electrons. The van der Waals surface area contributed by atoms with Crippen LogP contribution in [0.1, 0.15) is 5.56 Å². The van der Waals surface area contributed by atoms with E-state index in [-0.39, 0.29) is 6.16 Å². The van der Waals surface area contributed by atoms with Gasteiger partial charge in [-0.05, 0) is 17.7 Å². The highest BCUT2D eigenvalue weighted by Gasteiger charge is 2.29. The van der Waals surface area contributed by atoms with Gasteiger partial charge in [0.15, 0.2) is 6.16 Å². The Labute approximate surface area is 75.8 Å². The van der Waals surface area contributed by atoms with Crippen molar-refractivity contribution in [3.63, 3.8) is 0 Å². The predicted molar refractivity (Wildman–Crippen MR) is 48.7 cm³/mol. The van der Waals surface area contributed by atoms with E-state index in [9.17, 15) is 0 Å². The number of benzene rings is 1. The summed E-state index contributed by atoms with van der Waals surface area (Å²) in [5, 5.41) is 0.580. The minimum absolute atomic E-state index is 0.121. The standard InChI is InChI=1S/C7H9ClO3P/c8-7-3-1-6(2-4-7)5-12(9,10)11/h1-4,9-11H,5H2/q+1. The van der Waals surface area contributed by atoms with E-state index >= 15 is 0 Å². The second kappa shape index (κ2) is 3.69. The zero-order valence-corrected chi connectivity index (χ0v) is 7.83. The lowest BCUT2D eigenvalue weighted by Crippen LogP contribution is -1.92. The Kier molecular flexibility index (Phi) is 3.04. The summed E-state index contributed by atoms with van der Waals surface area (Å²) >= 11 is 5.60. The van der Waals surface area contributed by atoms with Gasteiger partial charge in [-0.1, -0.05) is 23.7 Å². The summed E-state index contributed by atoms with van der Waals surface area (Å²) in [7, 11) is -3.70. The van der Waals surface area contributed by atoms with Gasteiger partial charge >= 0.3 is 7.94 Å². The van der Waals surface area contributed by atoms with Crippen molar-refractivity contribution in [1.82, 2.24) is 0 Å². The topological polar surface area (TPSA) is 60.7 Å². The van der Waals surface area contributed by atoms with Crippen LogP contribution in [0.25, 0.3) is 0 Å². The number of halogens is 1. The van der Waals surface area contributed by atoms with Crippen LogP contribution in [0.2, 0.25) is 5.02 Å². The molecular weight excluding hydrogens is 199 g/mol. The van der Waals surface area contributed by atoms with Crippen molar-refractivity contribution in [1.29, 1.82) is 0 Å². The van der Waals surface area contributed by atoms with Crippen molar-refractivity contribution in [2.75, 3.05) is 0 Å². The van der Waals surface area contributed by atoms with E-state index in [4.69, 9.17) is 26.3 Å². The van der Waals surface area contributed by atoms with Gasteiger partial charge in [-0.15, -0.1) is 0 Å². The lowest BCUT2D eigenvalue weighted by molar-refractivity contribution is 0.329. The third kappa shape index (κ3) is 3.48. The van der Waals surface area contributed by atoms with E-state index in [0.29, 0.717) is 10.6 Å². The van der Waals surface area contributed by atoms with Gasteiger partial charge in [-0.2, -0.15) is 14.7 Å². The third-order valence-corrected chi connectivity index (χ3v) is 2.35. The molecule has 0 aliphatic rings. The first-order valence-corrected chi connectivity index (χ1v) is 5.49. The van der Waals surface area contributed by atoms with Crippen molar-refractivity contribution in [3.8, 4) is 0 Å². The van der Waals surface area contributed by atoms with Gasteiger partial charge < -0.3 is 0 Å². The second-order valence-electron chi connectivity index (χ2n) is 2.48. The fourth-order valence-corrected chi connectivity index (χ4v) is 1.66. The molecule has 12 heavy (non-hydrogen) atoms. The maximum atomic E-state index is 8.73. The zero-order valence-electron chi connectivity index (χ0n) is 6.18. The van der Waals surface area contributed by atoms with E-state index in [1.54, 1.807) is 24.3 Å². The lowest BCUT2D eigenvalue weighted by Gasteiger charge is -2.03. The Morgan fingerprint density at radius 1 is 1.08 bits per heavy atom. The second-order valence-corrected chi connectivity index (χ2v) is 4.62. The summed E-state index contributed by atoms with van der Waals surface area (Å²) in [6.45, 7) is 0. The van der Waals surface area contributed by atoms with E-state index < -0.39 is 7.94 Å². The summed E-state index contributed by atoms with van der Waals surface area (Å²) < 4.78 is 0. The Hall–Kier alpha value is -0.180. The van der Waals surface area contributed by atoms with Crippen LogP contribution in [0.3, 0.4) is 0 Å². The minimum atomic E-state index is -3.70. The minimum Gasteiger partial charge on any atom is -0.193 e. The molecule has 0 aromatic heterocycles. The lowest BCUT2D eigenvalue weighted by atomic mass is 10.2. The molecule has 0 unspecified atom stereocenters. The average molecular weight is 208 g/mol. The molecule has 0 aliphatic heterocycles. The van der Waals surface area contributed by atoms with E-state index in [1.807, 2.05) is 0 Å². The molecule has 0 spiro atoms. The molecule has 0 fully saturated rings. The van der Waals surface area contributed by atoms with Gasteiger partial charge in [-0.3, -0.25) is 0 Å². The van der Waals surface area contributed by atoms with Crippen molar-refractivity contribution >= 4 is 19.5 Å². The Bertz CT molecular complexity index is 254. The Morgan fingerprint density at radius 3 is 2.00 bits per heavy atom. The van der Waals surface area contributed by atoms with Gasteiger partial charge in [0.1, 0.15) is 0 Å². The van der Waals surface area contributed by atoms with Crippen LogP contribution in [-0.4, -0.2) is 14.7 Å². The summed E-state index contributed by atoms with van der Waals surface area (Å²) in [5.41, 5.74) is 0.653. The molecule has 0 amide bonds. The molecule has 1 rings (SSSR count). The SMILES string of the molecule is O[P+](O)(O)Cc1ccc(Cl)cc1. The van der Waals surface area contributed by atoms with E-state index in [1.165, 1.54) is 0 Å². The molecule has 0 radical (unpaired) electrons. The van der Waals surface area contributed by atoms with Crippen LogP contribution in [0, 0.1) is 0 Å². The van der Waals surface area contributed by atoms with E-state index in [2.05, 4.69) is 0 Å². The molecule has 3 N–H and O–H groups in total. The van der Waals surface area contributed by atoms with Crippen LogP contribution < -0.4 is 0 Å². The molecule has 0 atom stereocenters. The van der Waals surface area contributed by atoms with Gasteiger partial charge in [0, 0.05) is 5.02 Å². The van der Waals surface area contributed by atoms with Gasteiger partial charge in [-0.25, -0.2) is 0 Å². The fourth-order valence-electron chi connectivity index (χ4n) is 0.835. The van der Waals surface area contributed by atoms with Crippen molar-refractivity contribution in [2.24, 2.45) is 0 Å². The molecule has 0 aliphatic carbocycles. The molecule has 0 heterocycles. The largest absolute Gasteiger partial charge is 0.408 e. The average Bonchev–Trinajstić information content (AvgIpc) is 1.91. The predicted octanol–water partition coefficient (Wildman–Crippen LogP) is 1.58. The van der Waals surface area contributed by atoms with Crippen LogP contribution in [0.15, 0.2) is 24.3 Å². The Balaban J connectivity index is 2.71. The highest BCUT2D eigenvalue weighted by molar-refractivity contribution is 7.57. The maximum absolute atomic E-state index is 8.73. The zero-order chi connectivity index (χ0) is 9.19. The van der Waals surface area contributed by atoms with Crippen LogP contribution in [0.4, 0.5) is 0 Å². The Morgan fingerprint density at radius 2 is 1.58 bits per heavy atom. The summed E-state index contributed by atoms with van der Waals surface area (Å²) in [6, 6.07) is 6.54. The monoisotopic (exact) mass is 207 g/mol. The van der Waals surface area contributed by atoms with Crippen molar-refractivity contribution in [2.45, 2.75) is 6.16 Å². The molecule has 0 saturated heterocycles. The van der Waals surface area contributed by atoms with Gasteiger partial charge in [0.05, 0.1) is 0 Å². The first kappa shape index (κ1) is 9.90. The summed E-state index contributed by atoms with van der Waals surface area (Å²) in [4.78, 5) is 26.2. The smallest absolute Gasteiger partial charge is 0.193 e. The number of rotatable bonds is 2. The number of hydrogen-bond acceptors (Lipinski definition) is 3. The van der Waals surface area contributed by atoms with Crippen molar-refractivity contribution < 1.29 is 14.7 Å². The van der Waals surface area contributed by atoms with Gasteiger partial charge in [0.25, 0.3) is 0 Å². The first-order chi connectivity index (χ1) is 5.47. The quantitative estimate of drug-likeness (QED) is 0.646. The normalized spacial score (nSPS) is 11.7. The highest BCUT2D eigenvalue weighted by Crippen LogP contribution is 2.48. The summed E-state index contributed by atoms with van der Waals surface area (Å²) in [5.74, 6) is 0. The molecule has 1 aromatic carbocycles. The highest BCUT2D eigenvalue weighted by atomic mass is 35.5.